The van der Waals surface area contributed by atoms with Gasteiger partial charge in [0.2, 0.25) is 0 Å². The first-order valence-electron chi connectivity index (χ1n) is 6.84. The van der Waals surface area contributed by atoms with Crippen LogP contribution in [0.2, 0.25) is 0 Å². The van der Waals surface area contributed by atoms with Crippen molar-refractivity contribution in [3.63, 3.8) is 0 Å². The third-order valence-electron chi connectivity index (χ3n) is 4.29. The summed E-state index contributed by atoms with van der Waals surface area (Å²) >= 11 is 0. The van der Waals surface area contributed by atoms with Gasteiger partial charge < -0.3 is 4.90 Å². The van der Waals surface area contributed by atoms with Gasteiger partial charge in [-0.05, 0) is 45.3 Å². The minimum atomic E-state index is 0.0847. The van der Waals surface area contributed by atoms with E-state index in [4.69, 9.17) is 5.26 Å². The van der Waals surface area contributed by atoms with Gasteiger partial charge in [0.25, 0.3) is 0 Å². The lowest BCUT2D eigenvalue weighted by molar-refractivity contribution is 0.130. The highest BCUT2D eigenvalue weighted by Crippen LogP contribution is 2.38. The summed E-state index contributed by atoms with van der Waals surface area (Å²) in [7, 11) is 0. The minimum Gasteiger partial charge on any atom is -0.301 e. The Morgan fingerprint density at radius 2 is 1.83 bits per heavy atom. The summed E-state index contributed by atoms with van der Waals surface area (Å²) in [5, 5.41) is 9.16. The topological polar surface area (TPSA) is 27.0 Å². The Morgan fingerprint density at radius 3 is 2.33 bits per heavy atom. The zero-order valence-electron chi connectivity index (χ0n) is 11.4. The maximum absolute atomic E-state index is 9.16. The zero-order valence-corrected chi connectivity index (χ0v) is 11.4. The molecule has 0 bridgehead atoms. The smallest absolute Gasteiger partial charge is 0.0631 e. The van der Waals surface area contributed by atoms with E-state index in [1.54, 1.807) is 0 Å². The molecule has 0 N–H and O–H groups in total. The molecule has 96 valence electrons. The Balaban J connectivity index is 2.19. The van der Waals surface area contributed by atoms with Crippen LogP contribution in [-0.2, 0) is 5.41 Å². The number of hydrogen-bond acceptors (Lipinski definition) is 2. The van der Waals surface area contributed by atoms with Crippen molar-refractivity contribution in [2.45, 2.75) is 44.6 Å². The first-order chi connectivity index (χ1) is 8.68. The van der Waals surface area contributed by atoms with Gasteiger partial charge in [-0.25, -0.2) is 0 Å². The van der Waals surface area contributed by atoms with E-state index in [9.17, 15) is 0 Å². The lowest BCUT2D eigenvalue weighted by atomic mass is 9.70. The number of hydrogen-bond donors (Lipinski definition) is 0. The van der Waals surface area contributed by atoms with Crippen molar-refractivity contribution in [1.29, 1.82) is 5.26 Å². The van der Waals surface area contributed by atoms with Crippen molar-refractivity contribution in [1.82, 2.24) is 4.90 Å². The van der Waals surface area contributed by atoms with Gasteiger partial charge >= 0.3 is 0 Å². The van der Waals surface area contributed by atoms with Crippen molar-refractivity contribution in [3.8, 4) is 6.07 Å². The number of rotatable bonds is 3. The summed E-state index contributed by atoms with van der Waals surface area (Å²) in [4.78, 5) is 2.51. The summed E-state index contributed by atoms with van der Waals surface area (Å²) in [6, 6.07) is 13.6. The summed E-state index contributed by atoms with van der Waals surface area (Å²) in [5.74, 6) is 0. The van der Waals surface area contributed by atoms with Crippen molar-refractivity contribution in [3.05, 3.63) is 35.9 Å². The van der Waals surface area contributed by atoms with Crippen LogP contribution < -0.4 is 0 Å². The van der Waals surface area contributed by atoms with E-state index in [-0.39, 0.29) is 5.41 Å². The maximum Gasteiger partial charge on any atom is 0.0631 e. The Morgan fingerprint density at radius 1 is 1.22 bits per heavy atom. The molecule has 1 aliphatic heterocycles. The highest BCUT2D eigenvalue weighted by atomic mass is 15.2. The van der Waals surface area contributed by atoms with Crippen molar-refractivity contribution in [2.24, 2.45) is 0 Å². The Labute approximate surface area is 110 Å². The highest BCUT2D eigenvalue weighted by Gasteiger charge is 2.36. The average molecular weight is 242 g/mol. The fraction of sp³-hybridized carbons (Fsp3) is 0.562. The number of nitrogens with zero attached hydrogens (tertiary/aromatic N) is 2. The Kier molecular flexibility index (Phi) is 4.04. The van der Waals surface area contributed by atoms with Crippen molar-refractivity contribution < 1.29 is 0 Å². The van der Waals surface area contributed by atoms with Crippen LogP contribution >= 0.6 is 0 Å². The molecule has 1 aliphatic rings. The van der Waals surface area contributed by atoms with E-state index >= 15 is 0 Å². The standard InChI is InChI=1S/C16H22N2/c1-14(2)18-12-9-16(8-11-17,10-13-18)15-6-4-3-5-7-15/h3-7,14H,8-10,12-13H2,1-2H3. The van der Waals surface area contributed by atoms with Gasteiger partial charge in [-0.2, -0.15) is 5.26 Å². The molecule has 2 rings (SSSR count). The van der Waals surface area contributed by atoms with Crippen LogP contribution in [0.5, 0.6) is 0 Å². The summed E-state index contributed by atoms with van der Waals surface area (Å²) in [6.45, 7) is 6.71. The van der Waals surface area contributed by atoms with Gasteiger partial charge in [0.15, 0.2) is 0 Å². The molecule has 18 heavy (non-hydrogen) atoms. The second kappa shape index (κ2) is 5.54. The molecule has 0 saturated carbocycles. The summed E-state index contributed by atoms with van der Waals surface area (Å²) < 4.78 is 0. The number of nitriles is 1. The molecular formula is C16H22N2. The monoisotopic (exact) mass is 242 g/mol. The van der Waals surface area contributed by atoms with Gasteiger partial charge in [-0.1, -0.05) is 30.3 Å². The third-order valence-corrected chi connectivity index (χ3v) is 4.29. The van der Waals surface area contributed by atoms with Crippen LogP contribution in [0.25, 0.3) is 0 Å². The number of piperidine rings is 1. The molecule has 2 heteroatoms. The summed E-state index contributed by atoms with van der Waals surface area (Å²) in [6.07, 6.45) is 2.84. The molecule has 2 nitrogen and oxygen atoms in total. The molecule has 1 saturated heterocycles. The molecule has 0 amide bonds. The van der Waals surface area contributed by atoms with Crippen LogP contribution in [0.3, 0.4) is 0 Å². The van der Waals surface area contributed by atoms with Gasteiger partial charge in [0.1, 0.15) is 0 Å². The Bertz CT molecular complexity index is 408. The average Bonchev–Trinajstić information content (AvgIpc) is 2.40. The van der Waals surface area contributed by atoms with Crippen LogP contribution in [-0.4, -0.2) is 24.0 Å². The van der Waals surface area contributed by atoms with Crippen LogP contribution in [0.1, 0.15) is 38.7 Å². The second-order valence-electron chi connectivity index (χ2n) is 5.61. The van der Waals surface area contributed by atoms with Crippen LogP contribution in [0, 0.1) is 11.3 Å². The Hall–Kier alpha value is -1.33. The molecule has 1 heterocycles. The quantitative estimate of drug-likeness (QED) is 0.813. The predicted molar refractivity (Wildman–Crippen MR) is 74.3 cm³/mol. The third kappa shape index (κ3) is 2.57. The fourth-order valence-corrected chi connectivity index (χ4v) is 2.98. The minimum absolute atomic E-state index is 0.0847. The normalized spacial score (nSPS) is 19.7. The molecule has 0 aliphatic carbocycles. The SMILES string of the molecule is CC(C)N1CCC(CC#N)(c2ccccc2)CC1. The molecule has 1 aromatic rings. The maximum atomic E-state index is 9.16. The van der Waals surface area contributed by atoms with Crippen molar-refractivity contribution >= 4 is 0 Å². The first kappa shape index (κ1) is 13.1. The second-order valence-corrected chi connectivity index (χ2v) is 5.61. The molecule has 1 aromatic carbocycles. The van der Waals surface area contributed by atoms with Crippen LogP contribution in [0.4, 0.5) is 0 Å². The fourth-order valence-electron chi connectivity index (χ4n) is 2.98. The van der Waals surface area contributed by atoms with Gasteiger partial charge in [-0.15, -0.1) is 0 Å². The molecule has 0 unspecified atom stereocenters. The first-order valence-corrected chi connectivity index (χ1v) is 6.84. The number of likely N-dealkylation sites (tertiary alicyclic amines) is 1. The van der Waals surface area contributed by atoms with Crippen LogP contribution in [0.15, 0.2) is 30.3 Å². The largest absolute Gasteiger partial charge is 0.301 e. The van der Waals surface area contributed by atoms with Gasteiger partial charge in [-0.3, -0.25) is 0 Å². The summed E-state index contributed by atoms with van der Waals surface area (Å²) in [5.41, 5.74) is 1.43. The van der Waals surface area contributed by atoms with E-state index < -0.39 is 0 Å². The lowest BCUT2D eigenvalue weighted by Gasteiger charge is -2.42. The van der Waals surface area contributed by atoms with E-state index in [2.05, 4.69) is 49.1 Å². The predicted octanol–water partition coefficient (Wildman–Crippen LogP) is 3.34. The zero-order chi connectivity index (χ0) is 13.0. The van der Waals surface area contributed by atoms with Gasteiger partial charge in [0.05, 0.1) is 6.07 Å². The number of benzene rings is 1. The van der Waals surface area contributed by atoms with E-state index in [1.165, 1.54) is 5.56 Å². The van der Waals surface area contributed by atoms with Crippen molar-refractivity contribution in [2.75, 3.05) is 13.1 Å². The van der Waals surface area contributed by atoms with Gasteiger partial charge in [0, 0.05) is 17.9 Å². The van der Waals surface area contributed by atoms with E-state index in [1.807, 2.05) is 6.07 Å². The molecule has 0 radical (unpaired) electrons. The lowest BCUT2D eigenvalue weighted by Crippen LogP contribution is -2.45. The van der Waals surface area contributed by atoms with E-state index in [0.717, 1.165) is 25.9 Å². The molecule has 0 spiro atoms. The molecule has 0 aromatic heterocycles. The molecule has 1 fully saturated rings. The van der Waals surface area contributed by atoms with E-state index in [0.29, 0.717) is 12.5 Å². The highest BCUT2D eigenvalue weighted by molar-refractivity contribution is 5.27. The molecular weight excluding hydrogens is 220 g/mol. The molecule has 0 atom stereocenters.